The number of rotatable bonds is 5. The van der Waals surface area contributed by atoms with Gasteiger partial charge in [0.15, 0.2) is 0 Å². The number of carboxylic acid groups (broad SMARTS) is 1. The first-order valence-corrected chi connectivity index (χ1v) is 11.6. The van der Waals surface area contributed by atoms with Gasteiger partial charge < -0.3 is 19.5 Å². The summed E-state index contributed by atoms with van der Waals surface area (Å²) >= 11 is 5.56. The van der Waals surface area contributed by atoms with Crippen LogP contribution in [0.3, 0.4) is 0 Å². The molecule has 3 aromatic rings. The van der Waals surface area contributed by atoms with Crippen molar-refractivity contribution in [1.29, 1.82) is 0 Å². The molecule has 0 radical (unpaired) electrons. The summed E-state index contributed by atoms with van der Waals surface area (Å²) in [4.78, 5) is 39.1. The number of halogens is 1. The summed E-state index contributed by atoms with van der Waals surface area (Å²) < 4.78 is 16.9. The van der Waals surface area contributed by atoms with E-state index in [1.165, 1.54) is 18.3 Å². The Balaban J connectivity index is 1.41. The highest BCUT2D eigenvalue weighted by atomic mass is 32.1. The summed E-state index contributed by atoms with van der Waals surface area (Å²) in [6.07, 6.45) is 3.11. The topological polar surface area (TPSA) is 109 Å². The molecule has 2 heterocycles. The van der Waals surface area contributed by atoms with Crippen molar-refractivity contribution in [2.45, 2.75) is 18.9 Å². The van der Waals surface area contributed by atoms with Crippen LogP contribution < -0.4 is 10.3 Å². The number of carboxylic acids is 1. The molecule has 0 bridgehead atoms. The Kier molecular flexibility index (Phi) is 5.72. The fraction of sp³-hybridized carbons (Fsp3) is 0.292. The fourth-order valence-corrected chi connectivity index (χ4v) is 4.80. The molecule has 1 aliphatic heterocycles. The van der Waals surface area contributed by atoms with Crippen molar-refractivity contribution in [3.05, 3.63) is 79.9 Å². The molecule has 5 rings (SSSR count). The van der Waals surface area contributed by atoms with Crippen LogP contribution in [0.25, 0.3) is 10.9 Å². The van der Waals surface area contributed by atoms with E-state index in [9.17, 15) is 24.8 Å². The SMILES string of the molecule is O=C(O)c1cn(C2CC2)c2cc(N3CCN(C(=S)c4cccc([N+](=O)[O-])c4)CC3)c(F)cc2c1=O. The highest BCUT2D eigenvalue weighted by Gasteiger charge is 2.29. The molecule has 1 N–H and O–H groups in total. The molecule has 0 atom stereocenters. The second-order valence-corrected chi connectivity index (χ2v) is 9.11. The molecule has 1 saturated heterocycles. The van der Waals surface area contributed by atoms with E-state index < -0.39 is 22.1 Å². The number of carbonyl (C=O) groups is 1. The number of nitro groups is 1. The van der Waals surface area contributed by atoms with Crippen molar-refractivity contribution >= 4 is 45.5 Å². The van der Waals surface area contributed by atoms with Gasteiger partial charge in [-0.1, -0.05) is 24.4 Å². The third-order valence-corrected chi connectivity index (χ3v) is 6.98. The van der Waals surface area contributed by atoms with Gasteiger partial charge in [0.1, 0.15) is 16.4 Å². The molecule has 2 aromatic carbocycles. The third kappa shape index (κ3) is 4.23. The standard InChI is InChI=1S/C24H21FN4O5S/c25-19-11-17-20(28(15-4-5-15)13-18(22(17)30)24(31)32)12-21(19)26-6-8-27(9-7-26)23(35)14-2-1-3-16(10-14)29(33)34/h1-3,10-13,15H,4-9H2,(H,31,32). The number of thiocarbonyl (C=S) groups is 1. The highest BCUT2D eigenvalue weighted by Crippen LogP contribution is 2.38. The minimum absolute atomic E-state index is 0.0329. The summed E-state index contributed by atoms with van der Waals surface area (Å²) in [7, 11) is 0. The van der Waals surface area contributed by atoms with E-state index in [0.717, 1.165) is 18.9 Å². The molecular weight excluding hydrogens is 475 g/mol. The minimum Gasteiger partial charge on any atom is -0.477 e. The Morgan fingerprint density at radius 1 is 1.14 bits per heavy atom. The Morgan fingerprint density at radius 2 is 1.86 bits per heavy atom. The molecule has 0 unspecified atom stereocenters. The van der Waals surface area contributed by atoms with Gasteiger partial charge in [-0.2, -0.15) is 0 Å². The van der Waals surface area contributed by atoms with Crippen molar-refractivity contribution in [3.8, 4) is 0 Å². The second kappa shape index (κ2) is 8.73. The lowest BCUT2D eigenvalue weighted by Gasteiger charge is -2.37. The van der Waals surface area contributed by atoms with Crippen LogP contribution in [-0.4, -0.2) is 56.6 Å². The Labute approximate surface area is 204 Å². The van der Waals surface area contributed by atoms with Gasteiger partial charge in [0, 0.05) is 61.5 Å². The average molecular weight is 497 g/mol. The van der Waals surface area contributed by atoms with E-state index in [1.54, 1.807) is 22.8 Å². The van der Waals surface area contributed by atoms with Crippen LogP contribution in [0.4, 0.5) is 15.8 Å². The smallest absolute Gasteiger partial charge is 0.341 e. The minimum atomic E-state index is -1.33. The lowest BCUT2D eigenvalue weighted by Crippen LogP contribution is -2.48. The van der Waals surface area contributed by atoms with Crippen LogP contribution in [0.2, 0.25) is 0 Å². The van der Waals surface area contributed by atoms with Gasteiger partial charge >= 0.3 is 5.97 Å². The number of hydrogen-bond acceptors (Lipinski definition) is 6. The van der Waals surface area contributed by atoms with Crippen molar-refractivity contribution in [1.82, 2.24) is 9.47 Å². The molecule has 1 saturated carbocycles. The zero-order valence-electron chi connectivity index (χ0n) is 18.5. The molecule has 2 fully saturated rings. The van der Waals surface area contributed by atoms with Crippen molar-refractivity contribution < 1.29 is 19.2 Å². The maximum Gasteiger partial charge on any atom is 0.341 e. The number of aromatic nitrogens is 1. The van der Waals surface area contributed by atoms with Crippen LogP contribution >= 0.6 is 12.2 Å². The Bertz CT molecular complexity index is 1440. The third-order valence-electron chi connectivity index (χ3n) is 6.48. The lowest BCUT2D eigenvalue weighted by atomic mass is 10.1. The van der Waals surface area contributed by atoms with E-state index in [4.69, 9.17) is 12.2 Å². The number of pyridine rings is 1. The van der Waals surface area contributed by atoms with Gasteiger partial charge in [-0.15, -0.1) is 0 Å². The predicted molar refractivity (Wildman–Crippen MR) is 132 cm³/mol. The molecule has 2 aliphatic rings. The lowest BCUT2D eigenvalue weighted by molar-refractivity contribution is -0.384. The zero-order chi connectivity index (χ0) is 24.9. The predicted octanol–water partition coefficient (Wildman–Crippen LogP) is 3.58. The van der Waals surface area contributed by atoms with Crippen LogP contribution in [0.1, 0.15) is 34.8 Å². The van der Waals surface area contributed by atoms with Crippen LogP contribution in [-0.2, 0) is 0 Å². The molecule has 180 valence electrons. The van der Waals surface area contributed by atoms with Crippen LogP contribution in [0.15, 0.2) is 47.4 Å². The number of fused-ring (bicyclic) bond motifs is 1. The van der Waals surface area contributed by atoms with E-state index in [2.05, 4.69) is 0 Å². The number of anilines is 1. The molecular formula is C24H21FN4O5S. The van der Waals surface area contributed by atoms with Gasteiger partial charge in [0.25, 0.3) is 5.69 Å². The molecule has 0 spiro atoms. The van der Waals surface area contributed by atoms with Crippen molar-refractivity contribution in [2.75, 3.05) is 31.1 Å². The zero-order valence-corrected chi connectivity index (χ0v) is 19.3. The second-order valence-electron chi connectivity index (χ2n) is 8.72. The van der Waals surface area contributed by atoms with Crippen LogP contribution in [0, 0.1) is 15.9 Å². The summed E-state index contributed by atoms with van der Waals surface area (Å²) in [6.45, 7) is 1.90. The summed E-state index contributed by atoms with van der Waals surface area (Å²) in [5, 5.41) is 20.5. The first-order chi connectivity index (χ1) is 16.7. The maximum absolute atomic E-state index is 15.2. The Hall–Kier alpha value is -3.86. The highest BCUT2D eigenvalue weighted by molar-refractivity contribution is 7.80. The molecule has 11 heteroatoms. The van der Waals surface area contributed by atoms with Crippen molar-refractivity contribution in [2.24, 2.45) is 0 Å². The number of aromatic carboxylic acids is 1. The van der Waals surface area contributed by atoms with Crippen LogP contribution in [0.5, 0.6) is 0 Å². The molecule has 1 aromatic heterocycles. The van der Waals surface area contributed by atoms with E-state index in [0.29, 0.717) is 47.9 Å². The molecule has 1 aliphatic carbocycles. The van der Waals surface area contributed by atoms with Gasteiger partial charge in [-0.25, -0.2) is 9.18 Å². The largest absolute Gasteiger partial charge is 0.477 e. The summed E-state index contributed by atoms with van der Waals surface area (Å²) in [5.41, 5.74) is 0.363. The molecule has 0 amide bonds. The van der Waals surface area contributed by atoms with E-state index >= 15 is 4.39 Å². The first-order valence-electron chi connectivity index (χ1n) is 11.1. The number of non-ortho nitro benzene ring substituents is 1. The van der Waals surface area contributed by atoms with Gasteiger partial charge in [0.2, 0.25) is 5.43 Å². The quantitative estimate of drug-likeness (QED) is 0.324. The van der Waals surface area contributed by atoms with Gasteiger partial charge in [-0.3, -0.25) is 14.9 Å². The normalized spacial score (nSPS) is 15.9. The van der Waals surface area contributed by atoms with E-state index in [1.807, 2.05) is 9.80 Å². The number of nitro benzene ring substituents is 1. The fourth-order valence-electron chi connectivity index (χ4n) is 4.49. The summed E-state index contributed by atoms with van der Waals surface area (Å²) in [5.74, 6) is -1.92. The Morgan fingerprint density at radius 3 is 2.49 bits per heavy atom. The first kappa shape index (κ1) is 22.9. The number of nitrogens with zero attached hydrogens (tertiary/aromatic N) is 4. The molecule has 35 heavy (non-hydrogen) atoms. The van der Waals surface area contributed by atoms with Gasteiger partial charge in [-0.05, 0) is 25.0 Å². The monoisotopic (exact) mass is 496 g/mol. The molecule has 9 nitrogen and oxygen atoms in total. The maximum atomic E-state index is 15.2. The number of benzene rings is 2. The van der Waals surface area contributed by atoms with Crippen molar-refractivity contribution in [3.63, 3.8) is 0 Å². The number of piperazine rings is 1. The summed E-state index contributed by atoms with van der Waals surface area (Å²) in [6, 6.07) is 9.04. The van der Waals surface area contributed by atoms with E-state index in [-0.39, 0.29) is 22.7 Å². The van der Waals surface area contributed by atoms with Gasteiger partial charge in [0.05, 0.1) is 16.1 Å². The number of hydrogen-bond donors (Lipinski definition) is 1. The average Bonchev–Trinajstić information content (AvgIpc) is 3.69.